The van der Waals surface area contributed by atoms with Crippen LogP contribution in [0.1, 0.15) is 6.92 Å². The third kappa shape index (κ3) is 7.75. The minimum atomic E-state index is -4.19. The van der Waals surface area contributed by atoms with Crippen molar-refractivity contribution in [1.82, 2.24) is 0 Å². The molecule has 0 saturated heterocycles. The Morgan fingerprint density at radius 2 is 2.00 bits per heavy atom. The molecular weight excluding hydrogens is 133 g/mol. The zero-order valence-corrected chi connectivity index (χ0v) is 5.03. The highest BCUT2D eigenvalue weighted by Gasteiger charge is 2.26. The lowest BCUT2D eigenvalue weighted by Gasteiger charge is -2.04. The quantitative estimate of drug-likeness (QED) is 0.544. The maximum absolute atomic E-state index is 11.2. The molecule has 0 aromatic heterocycles. The molecule has 0 rings (SSSR count). The molecule has 0 atom stereocenters. The van der Waals surface area contributed by atoms with Crippen molar-refractivity contribution in [2.24, 2.45) is 0 Å². The van der Waals surface area contributed by atoms with Gasteiger partial charge in [0, 0.05) is 6.61 Å². The molecule has 0 aliphatic carbocycles. The van der Waals surface area contributed by atoms with E-state index in [1.165, 1.54) is 6.42 Å². The Morgan fingerprint density at radius 1 is 1.44 bits per heavy atom. The highest BCUT2D eigenvalue weighted by atomic mass is 19.4. The van der Waals surface area contributed by atoms with Gasteiger partial charge in [-0.1, -0.05) is 6.92 Å². The van der Waals surface area contributed by atoms with Crippen LogP contribution in [-0.2, 0) is 4.74 Å². The van der Waals surface area contributed by atoms with Crippen molar-refractivity contribution in [3.63, 3.8) is 0 Å². The molecule has 0 saturated carbocycles. The van der Waals surface area contributed by atoms with Crippen LogP contribution in [0.2, 0.25) is 0 Å². The van der Waals surface area contributed by atoms with Gasteiger partial charge in [0.15, 0.2) is 0 Å². The van der Waals surface area contributed by atoms with Gasteiger partial charge in [-0.2, -0.15) is 13.2 Å². The summed E-state index contributed by atoms with van der Waals surface area (Å²) < 4.78 is 37.9. The fourth-order valence-corrected chi connectivity index (χ4v) is 0.293. The Morgan fingerprint density at radius 3 is 2.33 bits per heavy atom. The molecule has 1 radical (unpaired) electrons. The molecule has 0 aromatic carbocycles. The molecule has 0 aliphatic heterocycles. The minimum absolute atomic E-state index is 0.0551. The number of rotatable bonds is 3. The largest absolute Gasteiger partial charge is 0.411 e. The summed E-state index contributed by atoms with van der Waals surface area (Å²) in [6, 6.07) is 0. The van der Waals surface area contributed by atoms with E-state index in [1.54, 1.807) is 6.92 Å². The van der Waals surface area contributed by atoms with E-state index in [2.05, 4.69) is 4.74 Å². The maximum Gasteiger partial charge on any atom is 0.411 e. The lowest BCUT2D eigenvalue weighted by atomic mass is 10.5. The SMILES string of the molecule is C[CH]COCC(F)(F)F. The van der Waals surface area contributed by atoms with Gasteiger partial charge in [0.2, 0.25) is 0 Å². The highest BCUT2D eigenvalue weighted by molar-refractivity contribution is 4.53. The number of hydrogen-bond acceptors (Lipinski definition) is 1. The zero-order chi connectivity index (χ0) is 7.33. The molecule has 0 aliphatic rings. The highest BCUT2D eigenvalue weighted by Crippen LogP contribution is 2.14. The van der Waals surface area contributed by atoms with Crippen LogP contribution in [0.15, 0.2) is 0 Å². The summed E-state index contributed by atoms with van der Waals surface area (Å²) in [4.78, 5) is 0. The summed E-state index contributed by atoms with van der Waals surface area (Å²) in [6.45, 7) is 0.535. The van der Waals surface area contributed by atoms with Gasteiger partial charge in [0.05, 0.1) is 0 Å². The van der Waals surface area contributed by atoms with E-state index in [0.29, 0.717) is 0 Å². The molecule has 0 heterocycles. The fourth-order valence-electron chi connectivity index (χ4n) is 0.293. The van der Waals surface area contributed by atoms with Crippen molar-refractivity contribution >= 4 is 0 Å². The number of ether oxygens (including phenoxy) is 1. The van der Waals surface area contributed by atoms with Crippen LogP contribution in [0.3, 0.4) is 0 Å². The average molecular weight is 141 g/mol. The summed E-state index contributed by atoms with van der Waals surface area (Å²) in [5, 5.41) is 0. The molecule has 0 amide bonds. The van der Waals surface area contributed by atoms with E-state index in [1.807, 2.05) is 0 Å². The summed E-state index contributed by atoms with van der Waals surface area (Å²) in [5.74, 6) is 0. The molecule has 9 heavy (non-hydrogen) atoms. The number of halogens is 3. The van der Waals surface area contributed by atoms with Crippen LogP contribution in [0.25, 0.3) is 0 Å². The second-order valence-corrected chi connectivity index (χ2v) is 1.54. The van der Waals surface area contributed by atoms with Gasteiger partial charge in [0.1, 0.15) is 6.61 Å². The summed E-state index contributed by atoms with van der Waals surface area (Å²) in [5.41, 5.74) is 0. The fraction of sp³-hybridized carbons (Fsp3) is 0.800. The van der Waals surface area contributed by atoms with Crippen LogP contribution in [-0.4, -0.2) is 19.4 Å². The van der Waals surface area contributed by atoms with E-state index in [0.717, 1.165) is 0 Å². The molecule has 4 heteroatoms. The van der Waals surface area contributed by atoms with Crippen LogP contribution >= 0.6 is 0 Å². The van der Waals surface area contributed by atoms with Crippen molar-refractivity contribution in [3.05, 3.63) is 6.42 Å². The van der Waals surface area contributed by atoms with Gasteiger partial charge in [-0.05, 0) is 6.42 Å². The Labute approximate surface area is 51.8 Å². The molecule has 0 fully saturated rings. The summed E-state index contributed by atoms with van der Waals surface area (Å²) >= 11 is 0. The second kappa shape index (κ2) is 3.71. The molecule has 0 unspecified atom stereocenters. The first-order chi connectivity index (χ1) is 4.06. The van der Waals surface area contributed by atoms with E-state index in [9.17, 15) is 13.2 Å². The van der Waals surface area contributed by atoms with Gasteiger partial charge < -0.3 is 4.74 Å². The van der Waals surface area contributed by atoms with Gasteiger partial charge in [-0.25, -0.2) is 0 Å². The maximum atomic E-state index is 11.2. The Bertz CT molecular complexity index is 69.1. The third-order valence-electron chi connectivity index (χ3n) is 0.550. The Hall–Kier alpha value is -0.250. The lowest BCUT2D eigenvalue weighted by Crippen LogP contribution is -2.17. The predicted molar refractivity (Wildman–Crippen MR) is 26.8 cm³/mol. The zero-order valence-electron chi connectivity index (χ0n) is 5.03. The Balaban J connectivity index is 3.07. The van der Waals surface area contributed by atoms with Gasteiger partial charge in [-0.3, -0.25) is 0 Å². The summed E-state index contributed by atoms with van der Waals surface area (Å²) in [7, 11) is 0. The molecule has 0 bridgehead atoms. The van der Waals surface area contributed by atoms with Gasteiger partial charge in [-0.15, -0.1) is 0 Å². The average Bonchev–Trinajstić information content (AvgIpc) is 1.63. The van der Waals surface area contributed by atoms with Crippen LogP contribution in [0, 0.1) is 6.42 Å². The standard InChI is InChI=1S/C5H8F3O/c1-2-3-9-4-5(6,7)8/h2H,3-4H2,1H3. The number of hydrogen-bond donors (Lipinski definition) is 0. The smallest absolute Gasteiger partial charge is 0.372 e. The van der Waals surface area contributed by atoms with Crippen molar-refractivity contribution in [3.8, 4) is 0 Å². The van der Waals surface area contributed by atoms with Crippen molar-refractivity contribution in [2.45, 2.75) is 13.1 Å². The monoisotopic (exact) mass is 141 g/mol. The third-order valence-corrected chi connectivity index (χ3v) is 0.550. The normalized spacial score (nSPS) is 12.0. The molecule has 0 aromatic rings. The first kappa shape index (κ1) is 8.75. The van der Waals surface area contributed by atoms with Gasteiger partial charge in [0.25, 0.3) is 0 Å². The van der Waals surface area contributed by atoms with E-state index in [-0.39, 0.29) is 6.61 Å². The minimum Gasteiger partial charge on any atom is -0.372 e. The molecule has 55 valence electrons. The predicted octanol–water partition coefficient (Wildman–Crippen LogP) is 1.79. The van der Waals surface area contributed by atoms with E-state index < -0.39 is 12.8 Å². The molecule has 0 N–H and O–H groups in total. The van der Waals surface area contributed by atoms with Gasteiger partial charge >= 0.3 is 6.18 Å². The van der Waals surface area contributed by atoms with Crippen molar-refractivity contribution in [2.75, 3.05) is 13.2 Å². The van der Waals surface area contributed by atoms with Crippen LogP contribution < -0.4 is 0 Å². The number of alkyl halides is 3. The van der Waals surface area contributed by atoms with Crippen molar-refractivity contribution in [1.29, 1.82) is 0 Å². The topological polar surface area (TPSA) is 9.23 Å². The van der Waals surface area contributed by atoms with E-state index >= 15 is 0 Å². The first-order valence-electron chi connectivity index (χ1n) is 2.48. The first-order valence-corrected chi connectivity index (χ1v) is 2.48. The molecule has 0 spiro atoms. The lowest BCUT2D eigenvalue weighted by molar-refractivity contribution is -0.171. The van der Waals surface area contributed by atoms with Crippen LogP contribution in [0.4, 0.5) is 13.2 Å². The van der Waals surface area contributed by atoms with Crippen LogP contribution in [0.5, 0.6) is 0 Å². The summed E-state index contributed by atoms with van der Waals surface area (Å²) in [6.07, 6.45) is -2.67. The molecular formula is C5H8F3O. The van der Waals surface area contributed by atoms with Crippen molar-refractivity contribution < 1.29 is 17.9 Å². The molecule has 1 nitrogen and oxygen atoms in total. The Kier molecular flexibility index (Phi) is 3.61. The second-order valence-electron chi connectivity index (χ2n) is 1.54. The van der Waals surface area contributed by atoms with E-state index in [4.69, 9.17) is 0 Å².